The Hall–Kier alpha value is -2.72. The van der Waals surface area contributed by atoms with Gasteiger partial charge in [-0.25, -0.2) is 26.4 Å². The van der Waals surface area contributed by atoms with E-state index in [1.807, 2.05) is 0 Å². The van der Waals surface area contributed by atoms with E-state index >= 15 is 0 Å². The molecule has 0 heterocycles. The predicted molar refractivity (Wildman–Crippen MR) is 99.3 cm³/mol. The van der Waals surface area contributed by atoms with Crippen molar-refractivity contribution in [3.63, 3.8) is 0 Å². The monoisotopic (exact) mass is 424 g/mol. The zero-order valence-corrected chi connectivity index (χ0v) is 16.0. The molecule has 28 heavy (non-hydrogen) atoms. The Morgan fingerprint density at radius 2 is 1.61 bits per heavy atom. The molecular weight excluding hydrogens is 408 g/mol. The summed E-state index contributed by atoms with van der Waals surface area (Å²) in [5.74, 6) is 0. The first-order valence-corrected chi connectivity index (χ1v) is 10.7. The van der Waals surface area contributed by atoms with Crippen molar-refractivity contribution in [2.24, 2.45) is 21.5 Å². The van der Waals surface area contributed by atoms with Crippen LogP contribution in [0.25, 0.3) is 0 Å². The van der Waals surface area contributed by atoms with Gasteiger partial charge in [0.1, 0.15) is 0 Å². The van der Waals surface area contributed by atoms with Crippen LogP contribution in [0.3, 0.4) is 0 Å². The van der Waals surface area contributed by atoms with Crippen molar-refractivity contribution in [2.75, 3.05) is 6.54 Å². The molecule has 2 rings (SSSR count). The van der Waals surface area contributed by atoms with Crippen molar-refractivity contribution in [3.8, 4) is 0 Å². The molecule has 1 unspecified atom stereocenters. The maximum atomic E-state index is 13.1. The molecular formula is C16H16N4O6S2. The summed E-state index contributed by atoms with van der Waals surface area (Å²) in [6.45, 7) is -0.915. The van der Waals surface area contributed by atoms with Crippen LogP contribution in [-0.2, 0) is 29.3 Å². The third kappa shape index (κ3) is 3.40. The van der Waals surface area contributed by atoms with E-state index in [0.717, 1.165) is 18.2 Å². The van der Waals surface area contributed by atoms with Crippen LogP contribution in [0.2, 0.25) is 0 Å². The first-order chi connectivity index (χ1) is 13.1. The summed E-state index contributed by atoms with van der Waals surface area (Å²) in [5, 5.41) is 0. The van der Waals surface area contributed by atoms with E-state index in [0.29, 0.717) is 0 Å². The number of hydrogen-bond acceptors (Lipinski definition) is 10. The lowest BCUT2D eigenvalue weighted by Crippen LogP contribution is -2.59. The van der Waals surface area contributed by atoms with Crippen LogP contribution in [0.15, 0.2) is 68.3 Å². The number of benzene rings is 1. The van der Waals surface area contributed by atoms with Crippen LogP contribution >= 0.6 is 0 Å². The van der Waals surface area contributed by atoms with Gasteiger partial charge in [-0.3, -0.25) is 5.73 Å². The highest BCUT2D eigenvalue weighted by Crippen LogP contribution is 2.35. The molecule has 148 valence electrons. The summed E-state index contributed by atoms with van der Waals surface area (Å²) in [6.07, 6.45) is 5.20. The lowest BCUT2D eigenvalue weighted by atomic mass is 10.0. The minimum Gasteiger partial charge on any atom is -0.327 e. The Bertz CT molecular complexity index is 1110. The number of hydrogen-bond donors (Lipinski definition) is 2. The first-order valence-electron chi connectivity index (χ1n) is 7.71. The zero-order valence-electron chi connectivity index (χ0n) is 14.3. The van der Waals surface area contributed by atoms with Crippen molar-refractivity contribution >= 4 is 31.8 Å². The fourth-order valence-corrected chi connectivity index (χ4v) is 6.55. The molecule has 0 bridgehead atoms. The van der Waals surface area contributed by atoms with Crippen LogP contribution in [0.1, 0.15) is 6.42 Å². The molecule has 1 atom stereocenters. The smallest absolute Gasteiger partial charge is 0.242 e. The summed E-state index contributed by atoms with van der Waals surface area (Å²) < 4.78 is 49.1. The van der Waals surface area contributed by atoms with Gasteiger partial charge in [-0.05, 0) is 24.3 Å². The second-order valence-corrected chi connectivity index (χ2v) is 10.4. The zero-order chi connectivity index (χ0) is 21.1. The van der Waals surface area contributed by atoms with E-state index in [9.17, 15) is 26.4 Å². The van der Waals surface area contributed by atoms with Crippen molar-refractivity contribution in [1.29, 1.82) is 0 Å². The highest BCUT2D eigenvalue weighted by Gasteiger charge is 2.53. The average Bonchev–Trinajstić information content (AvgIpc) is 2.68. The largest absolute Gasteiger partial charge is 0.327 e. The molecule has 1 aliphatic carbocycles. The number of aliphatic imine (C=N–C) groups is 2. The molecule has 1 aromatic carbocycles. The van der Waals surface area contributed by atoms with E-state index in [4.69, 9.17) is 11.5 Å². The van der Waals surface area contributed by atoms with Gasteiger partial charge >= 0.3 is 0 Å². The minimum atomic E-state index is -4.70. The maximum absolute atomic E-state index is 13.1. The Balaban J connectivity index is 2.57. The molecule has 1 aliphatic rings. The van der Waals surface area contributed by atoms with Gasteiger partial charge in [-0.15, -0.1) is 0 Å². The lowest BCUT2D eigenvalue weighted by molar-refractivity contribution is 0.513. The third-order valence-electron chi connectivity index (χ3n) is 4.15. The van der Waals surface area contributed by atoms with Gasteiger partial charge in [-0.2, -0.15) is 9.98 Å². The molecule has 0 amide bonds. The maximum Gasteiger partial charge on any atom is 0.242 e. The highest BCUT2D eigenvalue weighted by molar-refractivity contribution is 8.12. The molecule has 12 heteroatoms. The topological polar surface area (TPSA) is 179 Å². The molecule has 0 aromatic heterocycles. The fourth-order valence-electron chi connectivity index (χ4n) is 2.51. The minimum absolute atomic E-state index is 0.308. The SMILES string of the molecule is NCC(N)(S(=O)(=O)C1=CCC(N=C=O)(N=C=O)C=C1)S(=O)(=O)c1ccccc1. The molecule has 0 spiro atoms. The van der Waals surface area contributed by atoms with Crippen molar-refractivity contribution in [3.05, 3.63) is 53.5 Å². The van der Waals surface area contributed by atoms with Crippen molar-refractivity contribution < 1.29 is 26.4 Å². The summed E-state index contributed by atoms with van der Waals surface area (Å²) >= 11 is 0. The third-order valence-corrected chi connectivity index (χ3v) is 9.44. The Morgan fingerprint density at radius 1 is 1.04 bits per heavy atom. The number of allylic oxidation sites excluding steroid dienone is 1. The van der Waals surface area contributed by atoms with Crippen LogP contribution < -0.4 is 11.5 Å². The number of rotatable bonds is 7. The van der Waals surface area contributed by atoms with E-state index in [2.05, 4.69) is 9.98 Å². The van der Waals surface area contributed by atoms with E-state index in [1.165, 1.54) is 36.4 Å². The van der Waals surface area contributed by atoms with E-state index in [1.54, 1.807) is 6.07 Å². The van der Waals surface area contributed by atoms with Gasteiger partial charge < -0.3 is 5.73 Å². The second-order valence-electron chi connectivity index (χ2n) is 5.76. The van der Waals surface area contributed by atoms with Gasteiger partial charge in [0.25, 0.3) is 0 Å². The van der Waals surface area contributed by atoms with E-state index < -0.39 is 41.0 Å². The quantitative estimate of drug-likeness (QED) is 0.440. The van der Waals surface area contributed by atoms with Gasteiger partial charge in [0.05, 0.1) is 9.80 Å². The summed E-state index contributed by atoms with van der Waals surface area (Å²) in [7, 11) is -9.29. The molecule has 0 saturated heterocycles. The molecule has 0 aliphatic heterocycles. The van der Waals surface area contributed by atoms with Crippen LogP contribution in [-0.4, -0.2) is 45.4 Å². The Kier molecular flexibility index (Phi) is 5.95. The number of nitrogens with two attached hydrogens (primary N) is 2. The molecule has 0 saturated carbocycles. The van der Waals surface area contributed by atoms with Crippen LogP contribution in [0, 0.1) is 0 Å². The predicted octanol–water partition coefficient (Wildman–Crippen LogP) is -0.342. The van der Waals surface area contributed by atoms with Crippen molar-refractivity contribution in [2.45, 2.75) is 21.2 Å². The highest BCUT2D eigenvalue weighted by atomic mass is 32.3. The molecule has 0 fully saturated rings. The van der Waals surface area contributed by atoms with Gasteiger partial charge in [0.2, 0.25) is 36.0 Å². The van der Waals surface area contributed by atoms with Gasteiger partial charge in [0.15, 0.2) is 5.66 Å². The number of isocyanates is 2. The van der Waals surface area contributed by atoms with Crippen LogP contribution in [0.4, 0.5) is 0 Å². The van der Waals surface area contributed by atoms with Gasteiger partial charge in [0, 0.05) is 13.0 Å². The lowest BCUT2D eigenvalue weighted by Gasteiger charge is -2.29. The Morgan fingerprint density at radius 3 is 2.04 bits per heavy atom. The van der Waals surface area contributed by atoms with Gasteiger partial charge in [-0.1, -0.05) is 24.3 Å². The summed E-state index contributed by atoms with van der Waals surface area (Å²) in [5.41, 5.74) is 9.66. The molecule has 0 radical (unpaired) electrons. The number of carbonyl (C=O) groups excluding carboxylic acids is 2. The Labute approximate surface area is 161 Å². The molecule has 1 aromatic rings. The summed E-state index contributed by atoms with van der Waals surface area (Å²) in [4.78, 5) is 27.1. The number of sulfone groups is 2. The standard InChI is InChI=1S/C16H16N4O6S2/c17-10-16(18,27(23,24)13-4-2-1-3-5-13)28(25,26)14-6-8-15(9-7-14,19-11-21)20-12-22/h1-8H,9-10,17-18H2. The van der Waals surface area contributed by atoms with Crippen LogP contribution in [0.5, 0.6) is 0 Å². The average molecular weight is 424 g/mol. The summed E-state index contributed by atoms with van der Waals surface area (Å²) in [6, 6.07) is 6.80. The first kappa shape index (κ1) is 21.6. The van der Waals surface area contributed by atoms with E-state index in [-0.39, 0.29) is 11.3 Å². The molecule has 4 N–H and O–H groups in total. The normalized spacial score (nSPS) is 21.6. The molecule has 10 nitrogen and oxygen atoms in total. The van der Waals surface area contributed by atoms with Crippen molar-refractivity contribution in [1.82, 2.24) is 0 Å². The number of nitrogens with zero attached hydrogens (tertiary/aromatic N) is 2. The second kappa shape index (κ2) is 7.72. The fraction of sp³-hybridized carbons (Fsp3) is 0.250.